The molecule has 100 valence electrons. The van der Waals surface area contributed by atoms with Crippen molar-refractivity contribution < 1.29 is 9.90 Å². The van der Waals surface area contributed by atoms with Gasteiger partial charge in [0.1, 0.15) is 0 Å². The molecule has 3 rings (SSSR count). The lowest BCUT2D eigenvalue weighted by molar-refractivity contribution is 0.0692. The molecule has 20 heavy (non-hydrogen) atoms. The van der Waals surface area contributed by atoms with Crippen molar-refractivity contribution in [3.63, 3.8) is 0 Å². The standard InChI is InChI=1S/C16H13NO2S/c1-2-13-17-14(16(18)19)15(20-13)12-9-5-7-10-6-3-4-8-11(10)12/h3-9H,2H2,1H3,(H,18,19). The Morgan fingerprint density at radius 3 is 2.70 bits per heavy atom. The maximum Gasteiger partial charge on any atom is 0.356 e. The number of rotatable bonds is 3. The molecule has 1 heterocycles. The van der Waals surface area contributed by atoms with Crippen LogP contribution in [0.5, 0.6) is 0 Å². The van der Waals surface area contributed by atoms with Gasteiger partial charge in [0.2, 0.25) is 0 Å². The quantitative estimate of drug-likeness (QED) is 0.782. The molecule has 0 aliphatic heterocycles. The van der Waals surface area contributed by atoms with Crippen molar-refractivity contribution in [3.05, 3.63) is 53.2 Å². The number of nitrogens with zero attached hydrogens (tertiary/aromatic N) is 1. The van der Waals surface area contributed by atoms with E-state index in [9.17, 15) is 9.90 Å². The highest BCUT2D eigenvalue weighted by molar-refractivity contribution is 7.15. The molecule has 0 spiro atoms. The zero-order valence-electron chi connectivity index (χ0n) is 11.0. The molecular weight excluding hydrogens is 270 g/mol. The Kier molecular flexibility index (Phi) is 3.24. The molecule has 0 bridgehead atoms. The fourth-order valence-corrected chi connectivity index (χ4v) is 3.30. The zero-order chi connectivity index (χ0) is 14.1. The van der Waals surface area contributed by atoms with Crippen molar-refractivity contribution in [2.75, 3.05) is 0 Å². The number of fused-ring (bicyclic) bond motifs is 1. The second kappa shape index (κ2) is 5.06. The Labute approximate surface area is 120 Å². The number of thiazole rings is 1. The van der Waals surface area contributed by atoms with E-state index >= 15 is 0 Å². The average Bonchev–Trinajstić information content (AvgIpc) is 2.91. The lowest BCUT2D eigenvalue weighted by atomic mass is 10.0. The summed E-state index contributed by atoms with van der Waals surface area (Å²) in [7, 11) is 0. The van der Waals surface area contributed by atoms with Crippen LogP contribution in [0.1, 0.15) is 22.4 Å². The van der Waals surface area contributed by atoms with Gasteiger partial charge in [-0.1, -0.05) is 49.4 Å². The van der Waals surface area contributed by atoms with Crippen LogP contribution in [0.4, 0.5) is 0 Å². The number of aromatic nitrogens is 1. The largest absolute Gasteiger partial charge is 0.476 e. The summed E-state index contributed by atoms with van der Waals surface area (Å²) in [6.45, 7) is 1.98. The molecule has 3 nitrogen and oxygen atoms in total. The molecule has 0 fully saturated rings. The van der Waals surface area contributed by atoms with Crippen LogP contribution in [0.2, 0.25) is 0 Å². The molecule has 1 aromatic heterocycles. The number of carbonyl (C=O) groups is 1. The number of hydrogen-bond donors (Lipinski definition) is 1. The van der Waals surface area contributed by atoms with E-state index in [2.05, 4.69) is 4.98 Å². The van der Waals surface area contributed by atoms with Crippen molar-refractivity contribution in [2.45, 2.75) is 13.3 Å². The maximum atomic E-state index is 11.4. The summed E-state index contributed by atoms with van der Waals surface area (Å²) in [5.74, 6) is -0.969. The molecule has 0 radical (unpaired) electrons. The van der Waals surface area contributed by atoms with Gasteiger partial charge in [-0.15, -0.1) is 11.3 Å². The number of aryl methyl sites for hydroxylation is 1. The second-order valence-corrected chi connectivity index (χ2v) is 5.55. The smallest absolute Gasteiger partial charge is 0.356 e. The fraction of sp³-hybridized carbons (Fsp3) is 0.125. The Morgan fingerprint density at radius 2 is 1.95 bits per heavy atom. The summed E-state index contributed by atoms with van der Waals surface area (Å²) in [6, 6.07) is 13.9. The molecule has 0 saturated heterocycles. The number of aromatic carboxylic acids is 1. The molecule has 2 aromatic carbocycles. The SMILES string of the molecule is CCc1nc(C(=O)O)c(-c2cccc3ccccc23)s1. The Bertz CT molecular complexity index is 787. The van der Waals surface area contributed by atoms with Crippen LogP contribution in [-0.4, -0.2) is 16.1 Å². The van der Waals surface area contributed by atoms with Gasteiger partial charge >= 0.3 is 5.97 Å². The Morgan fingerprint density at radius 1 is 1.20 bits per heavy atom. The van der Waals surface area contributed by atoms with Crippen LogP contribution in [0, 0.1) is 0 Å². The number of carboxylic acid groups (broad SMARTS) is 1. The van der Waals surface area contributed by atoms with Gasteiger partial charge < -0.3 is 5.11 Å². The van der Waals surface area contributed by atoms with E-state index in [4.69, 9.17) is 0 Å². The van der Waals surface area contributed by atoms with Gasteiger partial charge in [0.05, 0.1) is 9.88 Å². The van der Waals surface area contributed by atoms with Crippen molar-refractivity contribution in [2.24, 2.45) is 0 Å². The van der Waals surface area contributed by atoms with Crippen LogP contribution in [0.15, 0.2) is 42.5 Å². The van der Waals surface area contributed by atoms with E-state index in [0.717, 1.165) is 32.6 Å². The van der Waals surface area contributed by atoms with Gasteiger partial charge in [-0.2, -0.15) is 0 Å². The van der Waals surface area contributed by atoms with Crippen LogP contribution in [-0.2, 0) is 6.42 Å². The first-order valence-corrected chi connectivity index (χ1v) is 7.23. The minimum absolute atomic E-state index is 0.156. The van der Waals surface area contributed by atoms with Gasteiger partial charge in [0.15, 0.2) is 5.69 Å². The summed E-state index contributed by atoms with van der Waals surface area (Å²) >= 11 is 1.46. The van der Waals surface area contributed by atoms with E-state index < -0.39 is 5.97 Å². The first kappa shape index (κ1) is 12.8. The van der Waals surface area contributed by atoms with Crippen molar-refractivity contribution in [1.82, 2.24) is 4.98 Å². The van der Waals surface area contributed by atoms with Crippen molar-refractivity contribution in [3.8, 4) is 10.4 Å². The number of benzene rings is 2. The minimum atomic E-state index is -0.969. The molecule has 0 atom stereocenters. The predicted octanol–water partition coefficient (Wildman–Crippen LogP) is 4.22. The van der Waals surface area contributed by atoms with Crippen LogP contribution >= 0.6 is 11.3 Å². The van der Waals surface area contributed by atoms with Crippen molar-refractivity contribution >= 4 is 28.1 Å². The molecule has 1 N–H and O–H groups in total. The summed E-state index contributed by atoms with van der Waals surface area (Å²) in [5.41, 5.74) is 1.10. The van der Waals surface area contributed by atoms with E-state index in [0.29, 0.717) is 0 Å². The molecular formula is C16H13NO2S. The normalized spacial score (nSPS) is 10.8. The third-order valence-corrected chi connectivity index (χ3v) is 4.44. The van der Waals surface area contributed by atoms with Crippen LogP contribution in [0.3, 0.4) is 0 Å². The van der Waals surface area contributed by atoms with E-state index in [1.54, 1.807) is 0 Å². The molecule has 0 amide bonds. The van der Waals surface area contributed by atoms with Gasteiger partial charge in [-0.05, 0) is 17.2 Å². The fourth-order valence-electron chi connectivity index (χ4n) is 2.27. The predicted molar refractivity (Wildman–Crippen MR) is 81.4 cm³/mol. The monoisotopic (exact) mass is 283 g/mol. The van der Waals surface area contributed by atoms with Crippen molar-refractivity contribution in [1.29, 1.82) is 0 Å². The van der Waals surface area contributed by atoms with Gasteiger partial charge in [0.25, 0.3) is 0 Å². The lowest BCUT2D eigenvalue weighted by Gasteiger charge is -2.04. The summed E-state index contributed by atoms with van der Waals surface area (Å²) in [5, 5.41) is 12.4. The molecule has 0 aliphatic carbocycles. The highest BCUT2D eigenvalue weighted by atomic mass is 32.1. The lowest BCUT2D eigenvalue weighted by Crippen LogP contribution is -1.99. The molecule has 0 aliphatic rings. The van der Waals surface area contributed by atoms with E-state index in [1.807, 2.05) is 49.4 Å². The number of carboxylic acids is 1. The van der Waals surface area contributed by atoms with Crippen LogP contribution in [0.25, 0.3) is 21.2 Å². The van der Waals surface area contributed by atoms with Gasteiger partial charge in [-0.3, -0.25) is 0 Å². The van der Waals surface area contributed by atoms with Gasteiger partial charge in [-0.25, -0.2) is 9.78 Å². The minimum Gasteiger partial charge on any atom is -0.476 e. The Balaban J connectivity index is 2.30. The maximum absolute atomic E-state index is 11.4. The Hall–Kier alpha value is -2.20. The first-order chi connectivity index (χ1) is 9.70. The second-order valence-electron chi connectivity index (χ2n) is 4.47. The molecule has 3 aromatic rings. The van der Waals surface area contributed by atoms with Gasteiger partial charge in [0, 0.05) is 5.56 Å². The van der Waals surface area contributed by atoms with E-state index in [1.165, 1.54) is 11.3 Å². The topological polar surface area (TPSA) is 50.2 Å². The summed E-state index contributed by atoms with van der Waals surface area (Å²) in [4.78, 5) is 16.4. The summed E-state index contributed by atoms with van der Waals surface area (Å²) < 4.78 is 0. The molecule has 0 unspecified atom stereocenters. The molecule has 0 saturated carbocycles. The first-order valence-electron chi connectivity index (χ1n) is 6.42. The zero-order valence-corrected chi connectivity index (χ0v) is 11.8. The molecule has 4 heteroatoms. The average molecular weight is 283 g/mol. The highest BCUT2D eigenvalue weighted by Gasteiger charge is 2.19. The van der Waals surface area contributed by atoms with E-state index in [-0.39, 0.29) is 5.69 Å². The third-order valence-electron chi connectivity index (χ3n) is 3.21. The number of hydrogen-bond acceptors (Lipinski definition) is 3. The third kappa shape index (κ3) is 2.08. The highest BCUT2D eigenvalue weighted by Crippen LogP contribution is 2.35. The summed E-state index contributed by atoms with van der Waals surface area (Å²) in [6.07, 6.45) is 0.746. The van der Waals surface area contributed by atoms with Crippen LogP contribution < -0.4 is 0 Å².